The van der Waals surface area contributed by atoms with Gasteiger partial charge in [-0.1, -0.05) is 79.7 Å². The largest absolute Gasteiger partial charge is 0.342 e. The molecule has 0 radical (unpaired) electrons. The molecule has 0 saturated carbocycles. The Morgan fingerprint density at radius 3 is 2.35 bits per heavy atom. The van der Waals surface area contributed by atoms with Gasteiger partial charge in [-0.25, -0.2) is 0 Å². The number of hydrogen-bond donors (Lipinski definition) is 0. The molecule has 0 heterocycles. The fourth-order valence-corrected chi connectivity index (χ4v) is 4.68. The van der Waals surface area contributed by atoms with Crippen LogP contribution in [0.1, 0.15) is 46.8 Å². The molecular formula is C27H28ClNOS. The van der Waals surface area contributed by atoms with Crippen LogP contribution in [0.4, 0.5) is 0 Å². The quantitative estimate of drug-likeness (QED) is 0.350. The van der Waals surface area contributed by atoms with Gasteiger partial charge in [0.15, 0.2) is 0 Å². The highest BCUT2D eigenvalue weighted by molar-refractivity contribution is 7.99. The van der Waals surface area contributed by atoms with Crippen molar-refractivity contribution in [3.63, 3.8) is 0 Å². The van der Waals surface area contributed by atoms with Gasteiger partial charge in [-0.15, -0.1) is 0 Å². The van der Waals surface area contributed by atoms with Crippen LogP contribution < -0.4 is 0 Å². The van der Waals surface area contributed by atoms with Crippen molar-refractivity contribution >= 4 is 34.8 Å². The van der Waals surface area contributed by atoms with Crippen LogP contribution in [0.25, 0.3) is 5.57 Å². The van der Waals surface area contributed by atoms with Crippen LogP contribution >= 0.6 is 23.4 Å². The molecule has 160 valence electrons. The molecular weight excluding hydrogens is 422 g/mol. The number of rotatable bonds is 8. The van der Waals surface area contributed by atoms with Crippen LogP contribution in [0, 0.1) is 6.92 Å². The summed E-state index contributed by atoms with van der Waals surface area (Å²) in [6, 6.07) is 21.9. The zero-order chi connectivity index (χ0) is 22.4. The van der Waals surface area contributed by atoms with E-state index in [1.165, 1.54) is 0 Å². The molecule has 3 rings (SSSR count). The molecule has 0 aliphatic rings. The smallest absolute Gasteiger partial charge is 0.253 e. The Bertz CT molecular complexity index is 1090. The monoisotopic (exact) mass is 449 g/mol. The molecule has 2 nitrogen and oxygen atoms in total. The third-order valence-corrected chi connectivity index (χ3v) is 6.83. The van der Waals surface area contributed by atoms with Gasteiger partial charge in [0.1, 0.15) is 0 Å². The number of halogens is 1. The Kier molecular flexibility index (Phi) is 8.00. The molecule has 0 fully saturated rings. The van der Waals surface area contributed by atoms with E-state index in [0.717, 1.165) is 57.0 Å². The number of unbranched alkanes of at least 4 members (excludes halogenated alkanes) is 1. The predicted molar refractivity (Wildman–Crippen MR) is 133 cm³/mol. The summed E-state index contributed by atoms with van der Waals surface area (Å²) in [6.07, 6.45) is 2.09. The average molecular weight is 450 g/mol. The van der Waals surface area contributed by atoms with Crippen LogP contribution in [0.5, 0.6) is 0 Å². The highest BCUT2D eigenvalue weighted by Gasteiger charge is 2.15. The Hall–Kier alpha value is -2.49. The lowest BCUT2D eigenvalue weighted by Crippen LogP contribution is -2.27. The van der Waals surface area contributed by atoms with Gasteiger partial charge < -0.3 is 4.90 Å². The summed E-state index contributed by atoms with van der Waals surface area (Å²) >= 11 is 8.09. The number of hydrogen-bond acceptors (Lipinski definition) is 2. The lowest BCUT2D eigenvalue weighted by molar-refractivity contribution is 0.0793. The van der Waals surface area contributed by atoms with Gasteiger partial charge in [-0.05, 0) is 60.4 Å². The highest BCUT2D eigenvalue weighted by atomic mass is 35.5. The fraction of sp³-hybridized carbons (Fsp3) is 0.222. The summed E-state index contributed by atoms with van der Waals surface area (Å²) in [7, 11) is 1.87. The maximum absolute atomic E-state index is 12.7. The van der Waals surface area contributed by atoms with Crippen molar-refractivity contribution in [2.45, 2.75) is 36.5 Å². The van der Waals surface area contributed by atoms with Crippen molar-refractivity contribution in [3.05, 3.63) is 101 Å². The van der Waals surface area contributed by atoms with E-state index in [1.54, 1.807) is 16.7 Å². The fourth-order valence-electron chi connectivity index (χ4n) is 3.39. The van der Waals surface area contributed by atoms with Crippen molar-refractivity contribution < 1.29 is 4.79 Å². The number of aryl methyl sites for hydroxylation is 1. The van der Waals surface area contributed by atoms with Gasteiger partial charge in [0.2, 0.25) is 0 Å². The first-order valence-corrected chi connectivity index (χ1v) is 11.7. The molecule has 3 aromatic rings. The molecule has 0 bridgehead atoms. The van der Waals surface area contributed by atoms with Crippen molar-refractivity contribution in [2.75, 3.05) is 13.6 Å². The second-order valence-electron chi connectivity index (χ2n) is 7.62. The first-order chi connectivity index (χ1) is 14.9. The van der Waals surface area contributed by atoms with Gasteiger partial charge in [-0.3, -0.25) is 4.79 Å². The molecule has 0 N–H and O–H groups in total. The van der Waals surface area contributed by atoms with E-state index >= 15 is 0 Å². The normalized spacial score (nSPS) is 10.7. The van der Waals surface area contributed by atoms with Crippen LogP contribution in [-0.2, 0) is 0 Å². The molecule has 3 aromatic carbocycles. The topological polar surface area (TPSA) is 20.3 Å². The third kappa shape index (κ3) is 5.61. The molecule has 0 unspecified atom stereocenters. The first-order valence-electron chi connectivity index (χ1n) is 10.5. The van der Waals surface area contributed by atoms with Crippen molar-refractivity contribution in [1.82, 2.24) is 4.90 Å². The summed E-state index contributed by atoms with van der Waals surface area (Å²) < 4.78 is 0. The molecule has 0 aromatic heterocycles. The van der Waals surface area contributed by atoms with E-state index in [2.05, 4.69) is 32.6 Å². The first kappa shape index (κ1) is 23.2. The molecule has 0 spiro atoms. The van der Waals surface area contributed by atoms with E-state index in [4.69, 9.17) is 11.6 Å². The van der Waals surface area contributed by atoms with Crippen molar-refractivity contribution in [1.29, 1.82) is 0 Å². The standard InChI is InChI=1S/C27H28ClNOS/c1-5-6-17-29(4)27(30)21-15-16-25(19(2)18-21)31-26-14-10-8-12-23(26)20(3)22-11-7-9-13-24(22)28/h7-16,18H,3,5-6,17H2,1-2,4H3. The zero-order valence-corrected chi connectivity index (χ0v) is 19.9. The molecule has 1 amide bonds. The Labute approximate surface area is 194 Å². The van der Waals surface area contributed by atoms with E-state index in [9.17, 15) is 4.79 Å². The number of carbonyl (C=O) groups is 1. The summed E-state index contributed by atoms with van der Waals surface area (Å²) in [5.74, 6) is 0.0700. The van der Waals surface area contributed by atoms with Crippen LogP contribution in [-0.4, -0.2) is 24.4 Å². The Morgan fingerprint density at radius 1 is 1.00 bits per heavy atom. The molecule has 0 atom stereocenters. The summed E-state index contributed by atoms with van der Waals surface area (Å²) in [6.45, 7) is 9.28. The maximum atomic E-state index is 12.7. The number of nitrogens with zero attached hydrogens (tertiary/aromatic N) is 1. The lowest BCUT2D eigenvalue weighted by atomic mass is 10.00. The number of benzene rings is 3. The summed E-state index contributed by atoms with van der Waals surface area (Å²) in [5, 5.41) is 0.693. The Balaban J connectivity index is 1.85. The van der Waals surface area contributed by atoms with Gasteiger partial charge in [0.05, 0.1) is 0 Å². The van der Waals surface area contributed by atoms with Gasteiger partial charge in [0.25, 0.3) is 5.91 Å². The van der Waals surface area contributed by atoms with Crippen LogP contribution in [0.15, 0.2) is 83.1 Å². The van der Waals surface area contributed by atoms with E-state index in [0.29, 0.717) is 5.02 Å². The van der Waals surface area contributed by atoms with Gasteiger partial charge >= 0.3 is 0 Å². The highest BCUT2D eigenvalue weighted by Crippen LogP contribution is 2.38. The summed E-state index contributed by atoms with van der Waals surface area (Å²) in [4.78, 5) is 16.7. The van der Waals surface area contributed by atoms with Crippen LogP contribution in [0.2, 0.25) is 5.02 Å². The lowest BCUT2D eigenvalue weighted by Gasteiger charge is -2.18. The summed E-state index contributed by atoms with van der Waals surface area (Å²) in [5.41, 5.74) is 4.70. The van der Waals surface area contributed by atoms with E-state index in [-0.39, 0.29) is 5.91 Å². The molecule has 0 aliphatic carbocycles. The number of carbonyl (C=O) groups excluding carboxylic acids is 1. The van der Waals surface area contributed by atoms with E-state index in [1.807, 2.05) is 61.6 Å². The second-order valence-corrected chi connectivity index (χ2v) is 9.11. The van der Waals surface area contributed by atoms with Gasteiger partial charge in [0, 0.05) is 39.5 Å². The SMILES string of the molecule is C=C(c1ccccc1Cl)c1ccccc1Sc1ccc(C(=O)N(C)CCCC)cc1C. The number of amides is 1. The molecule has 0 saturated heterocycles. The van der Waals surface area contributed by atoms with Crippen LogP contribution in [0.3, 0.4) is 0 Å². The van der Waals surface area contributed by atoms with Crippen molar-refractivity contribution in [2.24, 2.45) is 0 Å². The molecule has 4 heteroatoms. The van der Waals surface area contributed by atoms with Gasteiger partial charge in [-0.2, -0.15) is 0 Å². The minimum atomic E-state index is 0.0700. The van der Waals surface area contributed by atoms with E-state index < -0.39 is 0 Å². The van der Waals surface area contributed by atoms with Crippen molar-refractivity contribution in [3.8, 4) is 0 Å². The third-order valence-electron chi connectivity index (χ3n) is 5.25. The maximum Gasteiger partial charge on any atom is 0.253 e. The minimum absolute atomic E-state index is 0.0700. The zero-order valence-electron chi connectivity index (χ0n) is 18.3. The minimum Gasteiger partial charge on any atom is -0.342 e. The average Bonchev–Trinajstić information content (AvgIpc) is 2.78. The molecule has 31 heavy (non-hydrogen) atoms. The Morgan fingerprint density at radius 2 is 1.68 bits per heavy atom. The predicted octanol–water partition coefficient (Wildman–Crippen LogP) is 7.73. The second kappa shape index (κ2) is 10.7. The molecule has 0 aliphatic heterocycles.